The van der Waals surface area contributed by atoms with Crippen molar-refractivity contribution in [2.24, 2.45) is 0 Å². The van der Waals surface area contributed by atoms with E-state index in [-0.39, 0.29) is 17.0 Å². The van der Waals surface area contributed by atoms with Gasteiger partial charge in [0.05, 0.1) is 23.1 Å². The Morgan fingerprint density at radius 3 is 2.89 bits per heavy atom. The predicted octanol–water partition coefficient (Wildman–Crippen LogP) is 2.78. The molecule has 1 aromatic carbocycles. The fourth-order valence-electron chi connectivity index (χ4n) is 1.82. The molecule has 100 valence electrons. The third kappa shape index (κ3) is 2.21. The highest BCUT2D eigenvalue weighted by Gasteiger charge is 2.41. The zero-order valence-corrected chi connectivity index (χ0v) is 10.8. The molecule has 1 aromatic rings. The lowest BCUT2D eigenvalue weighted by atomic mass is 10.2. The highest BCUT2D eigenvalue weighted by atomic mass is 32.3. The number of carbonyl (C=O) groups is 1. The van der Waals surface area contributed by atoms with E-state index in [9.17, 15) is 18.3 Å². The van der Waals surface area contributed by atoms with Crippen LogP contribution < -0.4 is 0 Å². The van der Waals surface area contributed by atoms with Gasteiger partial charge in [0.2, 0.25) is 0 Å². The zero-order valence-electron chi connectivity index (χ0n) is 10.00. The molecule has 0 saturated heterocycles. The molecule has 5 nitrogen and oxygen atoms in total. The van der Waals surface area contributed by atoms with Crippen molar-refractivity contribution >= 4 is 16.7 Å². The summed E-state index contributed by atoms with van der Waals surface area (Å²) in [4.78, 5) is 12.1. The molecule has 0 fully saturated rings. The highest BCUT2D eigenvalue weighted by molar-refractivity contribution is 8.23. The summed E-state index contributed by atoms with van der Waals surface area (Å²) >= 11 is 0. The van der Waals surface area contributed by atoms with Crippen LogP contribution in [0.2, 0.25) is 0 Å². The van der Waals surface area contributed by atoms with Crippen LogP contribution in [0.4, 0.5) is 4.39 Å². The van der Waals surface area contributed by atoms with Crippen molar-refractivity contribution in [2.45, 2.75) is 11.8 Å². The summed E-state index contributed by atoms with van der Waals surface area (Å²) in [7, 11) is -3.46. The van der Waals surface area contributed by atoms with E-state index in [1.165, 1.54) is 12.1 Å². The Hall–Kier alpha value is -1.88. The second-order valence-electron chi connectivity index (χ2n) is 4.12. The van der Waals surface area contributed by atoms with Gasteiger partial charge in [-0.05, 0) is 30.7 Å². The van der Waals surface area contributed by atoms with Gasteiger partial charge in [-0.1, -0.05) is 10.8 Å². The molecule has 0 saturated carbocycles. The van der Waals surface area contributed by atoms with Gasteiger partial charge in [-0.25, -0.2) is 8.70 Å². The fourth-order valence-corrected chi connectivity index (χ4v) is 3.46. The maximum atomic E-state index is 13.1. The number of carbonyl (C=O) groups excluding carboxylic acids is 1. The van der Waals surface area contributed by atoms with E-state index < -0.39 is 22.5 Å². The van der Waals surface area contributed by atoms with E-state index in [1.54, 1.807) is 13.0 Å². The molecule has 1 aliphatic heterocycles. The maximum Gasteiger partial charge on any atom is 0.274 e. The molecule has 0 spiro atoms. The standard InChI is InChI=1S/C12H11FN2O3S/c1-8(4-5-14)7-15-12(16)10-6-9(13)2-3-11(10)19(15,17)18/h2-4,6,17-18H,7H2,1H3/b8-4+. The Morgan fingerprint density at radius 2 is 2.26 bits per heavy atom. The first-order valence-corrected chi connectivity index (χ1v) is 6.83. The van der Waals surface area contributed by atoms with Crippen LogP contribution in [0.3, 0.4) is 0 Å². The molecule has 7 heteroatoms. The Kier molecular flexibility index (Phi) is 3.32. The molecule has 19 heavy (non-hydrogen) atoms. The van der Waals surface area contributed by atoms with Gasteiger partial charge in [-0.2, -0.15) is 5.26 Å². The zero-order chi connectivity index (χ0) is 14.2. The first-order valence-electron chi connectivity index (χ1n) is 5.33. The second kappa shape index (κ2) is 4.66. The van der Waals surface area contributed by atoms with Gasteiger partial charge < -0.3 is 0 Å². The monoisotopic (exact) mass is 282 g/mol. The molecule has 0 radical (unpaired) electrons. The third-order valence-electron chi connectivity index (χ3n) is 2.70. The minimum atomic E-state index is -3.46. The number of benzene rings is 1. The van der Waals surface area contributed by atoms with Crippen LogP contribution in [0.5, 0.6) is 0 Å². The molecule has 0 bridgehead atoms. The normalized spacial score (nSPS) is 19.0. The van der Waals surface area contributed by atoms with Crippen molar-refractivity contribution in [3.05, 3.63) is 41.2 Å². The number of amides is 1. The molecular weight excluding hydrogens is 271 g/mol. The van der Waals surface area contributed by atoms with Crippen LogP contribution >= 0.6 is 10.8 Å². The van der Waals surface area contributed by atoms with Gasteiger partial charge in [0.15, 0.2) is 0 Å². The van der Waals surface area contributed by atoms with Gasteiger partial charge >= 0.3 is 0 Å². The van der Waals surface area contributed by atoms with E-state index in [1.807, 2.05) is 0 Å². The highest BCUT2D eigenvalue weighted by Crippen LogP contribution is 2.58. The summed E-state index contributed by atoms with van der Waals surface area (Å²) in [5, 5.41) is 8.52. The molecular formula is C12H11FN2O3S. The Bertz CT molecular complexity index is 622. The minimum absolute atomic E-state index is 0.0173. The number of halogens is 1. The lowest BCUT2D eigenvalue weighted by Gasteiger charge is -2.36. The molecule has 0 atom stereocenters. The number of hydrogen-bond donors (Lipinski definition) is 2. The number of allylic oxidation sites excluding steroid dienone is 1. The second-order valence-corrected chi connectivity index (χ2v) is 6.04. The van der Waals surface area contributed by atoms with Crippen molar-refractivity contribution < 1.29 is 18.3 Å². The van der Waals surface area contributed by atoms with Crippen molar-refractivity contribution in [3.8, 4) is 6.07 Å². The minimum Gasteiger partial charge on any atom is -0.277 e. The maximum absolute atomic E-state index is 13.1. The SMILES string of the molecule is C/C(=C\C#N)CN1C(=O)c2cc(F)ccc2S1(O)O. The van der Waals surface area contributed by atoms with Crippen LogP contribution in [0.25, 0.3) is 0 Å². The van der Waals surface area contributed by atoms with Crippen LogP contribution in [0, 0.1) is 17.1 Å². The van der Waals surface area contributed by atoms with E-state index in [0.29, 0.717) is 5.57 Å². The summed E-state index contributed by atoms with van der Waals surface area (Å²) in [6.45, 7) is 1.50. The summed E-state index contributed by atoms with van der Waals surface area (Å²) in [6.07, 6.45) is 1.21. The van der Waals surface area contributed by atoms with Gasteiger partial charge in [0.1, 0.15) is 5.82 Å². The quantitative estimate of drug-likeness (QED) is 0.817. The number of hydrogen-bond acceptors (Lipinski definition) is 4. The topological polar surface area (TPSA) is 84.6 Å². The average Bonchev–Trinajstić information content (AvgIpc) is 2.51. The largest absolute Gasteiger partial charge is 0.277 e. The molecule has 0 aromatic heterocycles. The number of fused-ring (bicyclic) bond motifs is 1. The summed E-state index contributed by atoms with van der Waals surface area (Å²) in [6, 6.07) is 5.05. The van der Waals surface area contributed by atoms with Crippen LogP contribution in [0.15, 0.2) is 34.7 Å². The summed E-state index contributed by atoms with van der Waals surface area (Å²) in [5.41, 5.74) is 0.453. The molecule has 2 N–H and O–H groups in total. The summed E-state index contributed by atoms with van der Waals surface area (Å²) < 4.78 is 34.2. The first kappa shape index (κ1) is 13.5. The first-order chi connectivity index (χ1) is 8.87. The molecule has 2 rings (SSSR count). The lowest BCUT2D eigenvalue weighted by Crippen LogP contribution is -2.29. The van der Waals surface area contributed by atoms with Crippen molar-refractivity contribution in [1.82, 2.24) is 4.31 Å². The predicted molar refractivity (Wildman–Crippen MR) is 67.9 cm³/mol. The smallest absolute Gasteiger partial charge is 0.274 e. The van der Waals surface area contributed by atoms with E-state index in [0.717, 1.165) is 16.4 Å². The Labute approximate surface area is 111 Å². The van der Waals surface area contributed by atoms with Gasteiger partial charge in [0, 0.05) is 6.08 Å². The van der Waals surface area contributed by atoms with Crippen LogP contribution in [-0.2, 0) is 0 Å². The molecule has 0 unspecified atom stereocenters. The molecule has 1 amide bonds. The van der Waals surface area contributed by atoms with E-state index in [2.05, 4.69) is 0 Å². The van der Waals surface area contributed by atoms with E-state index >= 15 is 0 Å². The molecule has 1 aliphatic rings. The van der Waals surface area contributed by atoms with Crippen LogP contribution in [-0.4, -0.2) is 25.9 Å². The van der Waals surface area contributed by atoms with Gasteiger partial charge in [0.25, 0.3) is 5.91 Å². The van der Waals surface area contributed by atoms with Crippen molar-refractivity contribution in [1.29, 1.82) is 5.26 Å². The number of nitrogens with zero attached hydrogens (tertiary/aromatic N) is 2. The average molecular weight is 282 g/mol. The molecule has 0 aliphatic carbocycles. The summed E-state index contributed by atoms with van der Waals surface area (Å²) in [5.74, 6) is -1.27. The fraction of sp³-hybridized carbons (Fsp3) is 0.167. The van der Waals surface area contributed by atoms with Crippen molar-refractivity contribution in [3.63, 3.8) is 0 Å². The molecule has 1 heterocycles. The van der Waals surface area contributed by atoms with E-state index in [4.69, 9.17) is 5.26 Å². The lowest BCUT2D eigenvalue weighted by molar-refractivity contribution is 0.0870. The van der Waals surface area contributed by atoms with Gasteiger partial charge in [-0.3, -0.25) is 13.9 Å². The Balaban J connectivity index is 2.43. The van der Waals surface area contributed by atoms with Crippen molar-refractivity contribution in [2.75, 3.05) is 6.54 Å². The third-order valence-corrected chi connectivity index (χ3v) is 4.56. The van der Waals surface area contributed by atoms with Crippen LogP contribution in [0.1, 0.15) is 17.3 Å². The Morgan fingerprint density at radius 1 is 1.58 bits per heavy atom. The van der Waals surface area contributed by atoms with Gasteiger partial charge in [-0.15, -0.1) is 0 Å². The number of nitriles is 1. The number of rotatable bonds is 2.